The van der Waals surface area contributed by atoms with Gasteiger partial charge >= 0.3 is 0 Å². The molecule has 2 aromatic carbocycles. The molecule has 0 radical (unpaired) electrons. The number of rotatable bonds is 19. The van der Waals surface area contributed by atoms with E-state index in [0.29, 0.717) is 23.2 Å². The molecule has 1 aliphatic heterocycles. The van der Waals surface area contributed by atoms with Crippen molar-refractivity contribution in [2.75, 3.05) is 19.6 Å². The van der Waals surface area contributed by atoms with E-state index < -0.39 is 102 Å². The fraction of sp³-hybridized carbons (Fsp3) is 0.490. The van der Waals surface area contributed by atoms with Crippen LogP contribution in [0.4, 0.5) is 0 Å². The van der Waals surface area contributed by atoms with Gasteiger partial charge in [0.2, 0.25) is 41.4 Å². The van der Waals surface area contributed by atoms with E-state index in [1.807, 2.05) is 24.3 Å². The third-order valence-corrected chi connectivity index (χ3v) is 13.2. The molecule has 0 bridgehead atoms. The molecule has 424 valence electrons. The molecular weight excluding hydrogens is 1010 g/mol. The molecule has 1 saturated heterocycles. The van der Waals surface area contributed by atoms with Crippen molar-refractivity contribution in [1.29, 1.82) is 10.8 Å². The van der Waals surface area contributed by atoms with Gasteiger partial charge in [-0.15, -0.1) is 0 Å². The van der Waals surface area contributed by atoms with Crippen LogP contribution in [0.3, 0.4) is 0 Å². The van der Waals surface area contributed by atoms with Gasteiger partial charge in [0.15, 0.2) is 11.9 Å². The maximum Gasteiger partial charge on any atom is 0.243 e. The number of H-pyrrole nitrogens is 2. The number of aromatic amines is 2. The highest BCUT2D eigenvalue weighted by Crippen LogP contribution is 2.21. The van der Waals surface area contributed by atoms with Gasteiger partial charge in [-0.3, -0.25) is 55.0 Å². The van der Waals surface area contributed by atoms with Gasteiger partial charge in [0.1, 0.15) is 36.1 Å². The molecule has 27 heteroatoms. The third kappa shape index (κ3) is 19.5. The van der Waals surface area contributed by atoms with Crippen molar-refractivity contribution in [2.24, 2.45) is 17.2 Å². The van der Waals surface area contributed by atoms with E-state index in [9.17, 15) is 39.0 Å². The number of hydrogen-bond donors (Lipinski definition) is 19. The molecule has 27 nitrogen and oxygen atoms in total. The van der Waals surface area contributed by atoms with Crippen molar-refractivity contribution in [3.63, 3.8) is 0 Å². The molecule has 4 aromatic rings. The lowest BCUT2D eigenvalue weighted by atomic mass is 9.90. The number of nitrogens with one attached hydrogen (secondary N) is 14. The summed E-state index contributed by atoms with van der Waals surface area (Å²) in [5.41, 5.74) is 17.4. The van der Waals surface area contributed by atoms with Crippen LogP contribution in [-0.4, -0.2) is 152 Å². The number of aliphatic hydroxyl groups is 2. The van der Waals surface area contributed by atoms with Gasteiger partial charge in [-0.2, -0.15) is 0 Å². The maximum absolute atomic E-state index is 15.1. The minimum absolute atomic E-state index is 0.0322. The third-order valence-electron chi connectivity index (χ3n) is 13.2. The number of hydrogen-bond acceptors (Lipinski definition) is 14. The van der Waals surface area contributed by atoms with Crippen LogP contribution in [0.1, 0.15) is 82.0 Å². The highest BCUT2D eigenvalue weighted by atomic mass is 16.3. The number of aliphatic hydroxyl groups excluding tert-OH is 2. The fourth-order valence-electron chi connectivity index (χ4n) is 9.08. The van der Waals surface area contributed by atoms with Crippen molar-refractivity contribution < 1.29 is 43.8 Å². The molecule has 78 heavy (non-hydrogen) atoms. The van der Waals surface area contributed by atoms with Gasteiger partial charge in [0.25, 0.3) is 0 Å². The Labute approximate surface area is 451 Å². The van der Waals surface area contributed by atoms with Gasteiger partial charge in [-0.25, -0.2) is 4.98 Å². The molecule has 9 atom stereocenters. The van der Waals surface area contributed by atoms with Crippen molar-refractivity contribution in [2.45, 2.75) is 139 Å². The number of carbonyl (C=O) groups excluding carboxylic acids is 7. The Bertz CT molecular complexity index is 2650. The number of imidazole rings is 1. The summed E-state index contributed by atoms with van der Waals surface area (Å²) >= 11 is 0. The molecule has 0 spiro atoms. The van der Waals surface area contributed by atoms with Crippen LogP contribution >= 0.6 is 0 Å². The number of para-hydroxylation sites is 1. The molecule has 22 N–H and O–H groups in total. The molecule has 2 aromatic heterocycles. The number of nitrogens with two attached hydrogens (primary N) is 3. The summed E-state index contributed by atoms with van der Waals surface area (Å²) in [4.78, 5) is 108. The zero-order valence-corrected chi connectivity index (χ0v) is 43.9. The first-order chi connectivity index (χ1) is 37.2. The SMILES string of the molecule is CC(=O)N[C@@H](CCCNC(=N)N)C(O)N[C@H]1CC(=O)NCCCC[C@@H](C(N)=O)NC(=O)[C@H](Cc2c[nH]c3ccccc23)NC(=O)[C@H](CCCNC(=N)N)NC(=O)[C@@](C)(Cc2ccccc2)NC(O)[C@H](Cc2c[nH]cn2)NC1=O. The van der Waals surface area contributed by atoms with Gasteiger partial charge in [0.05, 0.1) is 36.6 Å². The van der Waals surface area contributed by atoms with Crippen molar-refractivity contribution in [1.82, 2.24) is 68.1 Å². The number of carbonyl (C=O) groups is 7. The maximum atomic E-state index is 15.1. The second kappa shape index (κ2) is 30.0. The number of primary amides is 1. The predicted molar refractivity (Wildman–Crippen MR) is 289 cm³/mol. The Morgan fingerprint density at radius 3 is 2.22 bits per heavy atom. The van der Waals surface area contributed by atoms with Crippen molar-refractivity contribution in [3.8, 4) is 0 Å². The topological polar surface area (TPSA) is 450 Å². The quantitative estimate of drug-likeness (QED) is 0.0193. The van der Waals surface area contributed by atoms with Crippen molar-refractivity contribution in [3.05, 3.63) is 90.1 Å². The van der Waals surface area contributed by atoms with Crippen LogP contribution in [-0.2, 0) is 52.8 Å². The highest BCUT2D eigenvalue weighted by Gasteiger charge is 2.41. The van der Waals surface area contributed by atoms with E-state index in [2.05, 4.69) is 68.1 Å². The largest absolute Gasteiger partial charge is 0.376 e. The average Bonchev–Trinajstić information content (AvgIpc) is 4.07. The van der Waals surface area contributed by atoms with Gasteiger partial charge in [-0.1, -0.05) is 48.5 Å². The lowest BCUT2D eigenvalue weighted by Gasteiger charge is -2.37. The lowest BCUT2D eigenvalue weighted by Crippen LogP contribution is -2.66. The number of benzene rings is 2. The monoisotopic (exact) mass is 1080 g/mol. The molecule has 5 rings (SSSR count). The molecule has 0 saturated carbocycles. The van der Waals surface area contributed by atoms with Crippen LogP contribution in [0.5, 0.6) is 0 Å². The van der Waals surface area contributed by atoms with Crippen LogP contribution < -0.4 is 70.4 Å². The molecule has 2 unspecified atom stereocenters. The number of fused-ring (bicyclic) bond motifs is 1. The smallest absolute Gasteiger partial charge is 0.243 e. The van der Waals surface area contributed by atoms with Gasteiger partial charge in [0, 0.05) is 62.7 Å². The Balaban J connectivity index is 1.56. The van der Waals surface area contributed by atoms with Crippen molar-refractivity contribution >= 4 is 64.2 Å². The van der Waals surface area contributed by atoms with E-state index >= 15 is 4.79 Å². The first-order valence-electron chi connectivity index (χ1n) is 25.9. The fourth-order valence-corrected chi connectivity index (χ4v) is 9.08. The summed E-state index contributed by atoms with van der Waals surface area (Å²) in [5, 5.41) is 67.5. The van der Waals surface area contributed by atoms with E-state index in [-0.39, 0.29) is 89.3 Å². The zero-order valence-electron chi connectivity index (χ0n) is 43.9. The predicted octanol–water partition coefficient (Wildman–Crippen LogP) is -2.99. The normalized spacial score (nSPS) is 23.3. The molecular formula is C51H76N18O9. The summed E-state index contributed by atoms with van der Waals surface area (Å²) in [6.45, 7) is 3.13. The van der Waals surface area contributed by atoms with Gasteiger partial charge < -0.3 is 79.9 Å². The second-order valence-corrected chi connectivity index (χ2v) is 19.6. The first kappa shape index (κ1) is 60.7. The molecule has 0 aliphatic carbocycles. The molecule has 7 amide bonds. The van der Waals surface area contributed by atoms with Crippen LogP contribution in [0, 0.1) is 10.8 Å². The highest BCUT2D eigenvalue weighted by molar-refractivity contribution is 5.96. The Kier molecular flexibility index (Phi) is 23.3. The minimum Gasteiger partial charge on any atom is -0.376 e. The van der Waals surface area contributed by atoms with Crippen LogP contribution in [0.15, 0.2) is 73.3 Å². The Hall–Kier alpha value is -8.14. The molecule has 1 fully saturated rings. The summed E-state index contributed by atoms with van der Waals surface area (Å²) < 4.78 is 0. The summed E-state index contributed by atoms with van der Waals surface area (Å²) in [7, 11) is 0. The number of nitrogens with zero attached hydrogens (tertiary/aromatic N) is 1. The lowest BCUT2D eigenvalue weighted by molar-refractivity contribution is -0.136. The zero-order chi connectivity index (χ0) is 56.8. The average molecular weight is 1090 g/mol. The standard InChI is InChI=1S/C51H76N18O9/c1-29(70)63-36(17-10-20-59-49(53)54)43(73)67-40-24-41(71)58-19-9-8-16-35(42(52)72)64-45(75)38(22-31-26-61-34-15-7-6-14-33(31)34)65-44(74)37(18-11-21-60-50(55)56)68-48(78)51(2,25-30-12-4-3-5-13-30)69-47(77)39(66-46(40)76)23-32-27-57-28-62-32/h3-7,12-15,26-28,35-40,43,47,61,67,69,73,77H,8-11,16-25H2,1-2H3,(H2,52,72)(H,57,62)(H,58,71)(H,63,70)(H,64,75)(H,65,74)(H,66,76)(H,68,78)(H4,53,54,59)(H4,55,56,60)/t35-,36-,37-,38-,39-,40-,43?,47?,51+/m0/s1. The summed E-state index contributed by atoms with van der Waals surface area (Å²) in [6, 6.07) is 8.40. The molecule has 3 heterocycles. The summed E-state index contributed by atoms with van der Waals surface area (Å²) in [5.74, 6) is -5.81. The van der Waals surface area contributed by atoms with Crippen LogP contribution in [0.25, 0.3) is 10.9 Å². The second-order valence-electron chi connectivity index (χ2n) is 19.6. The first-order valence-corrected chi connectivity index (χ1v) is 25.9. The summed E-state index contributed by atoms with van der Waals surface area (Å²) in [6.07, 6.45) is 1.51. The Morgan fingerprint density at radius 2 is 1.54 bits per heavy atom. The van der Waals surface area contributed by atoms with Crippen LogP contribution in [0.2, 0.25) is 0 Å². The van der Waals surface area contributed by atoms with E-state index in [1.165, 1.54) is 26.4 Å². The van der Waals surface area contributed by atoms with Gasteiger partial charge in [-0.05, 0) is 75.5 Å². The van der Waals surface area contributed by atoms with E-state index in [0.717, 1.165) is 10.9 Å². The minimum atomic E-state index is -1.80. The van der Waals surface area contributed by atoms with E-state index in [1.54, 1.807) is 36.5 Å². The van der Waals surface area contributed by atoms with E-state index in [4.69, 9.17) is 28.0 Å². The molecule has 1 aliphatic rings. The Morgan fingerprint density at radius 1 is 0.846 bits per heavy atom. The number of aromatic nitrogens is 3. The number of guanidine groups is 2. The number of amides is 7.